The van der Waals surface area contributed by atoms with Crippen LogP contribution in [-0.2, 0) is 30.6 Å². The number of nitrogens with one attached hydrogen (secondary N) is 2. The summed E-state index contributed by atoms with van der Waals surface area (Å²) in [5, 5.41) is 13.7. The van der Waals surface area contributed by atoms with E-state index in [-0.39, 0.29) is 18.5 Å². The van der Waals surface area contributed by atoms with Gasteiger partial charge in [-0.25, -0.2) is 0 Å². The fourth-order valence-electron chi connectivity index (χ4n) is 5.69. The molecular weight excluding hydrogens is 512 g/mol. The maximum atomic E-state index is 12.6. The normalized spacial score (nSPS) is 13.2. The van der Waals surface area contributed by atoms with Crippen LogP contribution in [0.2, 0.25) is 0 Å². The molecular formula is C33H34N6O2. The first-order valence-corrected chi connectivity index (χ1v) is 14.0. The number of methoxy groups -OCH3 is 1. The predicted octanol–water partition coefficient (Wildman–Crippen LogP) is 4.75. The second-order valence-corrected chi connectivity index (χ2v) is 10.4. The van der Waals surface area contributed by atoms with Crippen molar-refractivity contribution in [3.05, 3.63) is 119 Å². The van der Waals surface area contributed by atoms with Crippen LogP contribution in [0.5, 0.6) is 5.75 Å². The van der Waals surface area contributed by atoms with E-state index in [2.05, 4.69) is 86.8 Å². The highest BCUT2D eigenvalue weighted by molar-refractivity contribution is 5.83. The molecule has 0 bridgehead atoms. The Balaban J connectivity index is 1.34. The van der Waals surface area contributed by atoms with Gasteiger partial charge in [0, 0.05) is 29.9 Å². The number of amides is 1. The quantitative estimate of drug-likeness (QED) is 0.222. The van der Waals surface area contributed by atoms with Crippen LogP contribution in [0.3, 0.4) is 0 Å². The van der Waals surface area contributed by atoms with Crippen molar-refractivity contribution >= 4 is 22.4 Å². The largest absolute Gasteiger partial charge is 0.497 e. The van der Waals surface area contributed by atoms with E-state index in [9.17, 15) is 4.79 Å². The summed E-state index contributed by atoms with van der Waals surface area (Å²) in [6, 6.07) is 24.4. The van der Waals surface area contributed by atoms with E-state index in [1.165, 1.54) is 27.6 Å². The van der Waals surface area contributed by atoms with Crippen LogP contribution < -0.4 is 15.8 Å². The van der Waals surface area contributed by atoms with Crippen molar-refractivity contribution in [2.45, 2.75) is 38.3 Å². The van der Waals surface area contributed by atoms with Gasteiger partial charge in [-0.3, -0.25) is 4.79 Å². The Kier molecular flexibility index (Phi) is 7.65. The number of carbonyl (C=O) groups is 1. The van der Waals surface area contributed by atoms with Gasteiger partial charge in [-0.05, 0) is 58.9 Å². The third kappa shape index (κ3) is 5.64. The van der Waals surface area contributed by atoms with Gasteiger partial charge in [-0.2, -0.15) is 0 Å². The Morgan fingerprint density at radius 2 is 1.85 bits per heavy atom. The van der Waals surface area contributed by atoms with Gasteiger partial charge in [0.1, 0.15) is 11.6 Å². The van der Waals surface area contributed by atoms with Gasteiger partial charge >= 0.3 is 0 Å². The average Bonchev–Trinajstić information content (AvgIpc) is 3.73. The first-order valence-electron chi connectivity index (χ1n) is 14.0. The van der Waals surface area contributed by atoms with Crippen molar-refractivity contribution in [2.24, 2.45) is 5.73 Å². The molecule has 208 valence electrons. The fraction of sp³-hybridized carbons (Fsp3) is 0.242. The minimum Gasteiger partial charge on any atom is -0.497 e. The van der Waals surface area contributed by atoms with Crippen molar-refractivity contribution in [1.82, 2.24) is 25.1 Å². The number of aryl methyl sites for hydroxylation is 2. The second kappa shape index (κ2) is 11.8. The lowest BCUT2D eigenvalue weighted by Gasteiger charge is -2.21. The molecule has 1 aliphatic carbocycles. The van der Waals surface area contributed by atoms with Gasteiger partial charge in [-0.15, -0.1) is 10.2 Å². The number of nitrogens with two attached hydrogens (primary N) is 1. The highest BCUT2D eigenvalue weighted by Gasteiger charge is 2.26. The van der Waals surface area contributed by atoms with Crippen molar-refractivity contribution in [2.75, 3.05) is 13.7 Å². The summed E-state index contributed by atoms with van der Waals surface area (Å²) in [4.78, 5) is 16.0. The van der Waals surface area contributed by atoms with Crippen LogP contribution in [0.15, 0.2) is 85.1 Å². The van der Waals surface area contributed by atoms with Crippen molar-refractivity contribution in [3.63, 3.8) is 0 Å². The molecule has 0 unspecified atom stereocenters. The summed E-state index contributed by atoms with van der Waals surface area (Å²) in [6.07, 6.45) is 7.32. The number of hydrogen-bond acceptors (Lipinski definition) is 5. The van der Waals surface area contributed by atoms with Gasteiger partial charge in [0.25, 0.3) is 0 Å². The number of ether oxygens (including phenoxy) is 1. The van der Waals surface area contributed by atoms with Crippen LogP contribution >= 0.6 is 0 Å². The van der Waals surface area contributed by atoms with Crippen LogP contribution in [-0.4, -0.2) is 39.3 Å². The number of benzene rings is 3. The van der Waals surface area contributed by atoms with Gasteiger partial charge in [0.15, 0.2) is 5.82 Å². The Bertz CT molecular complexity index is 1700. The van der Waals surface area contributed by atoms with E-state index in [4.69, 9.17) is 15.6 Å². The highest BCUT2D eigenvalue weighted by atomic mass is 16.5. The monoisotopic (exact) mass is 546 g/mol. The molecule has 41 heavy (non-hydrogen) atoms. The van der Waals surface area contributed by atoms with E-state index in [0.717, 1.165) is 41.3 Å². The molecule has 0 saturated heterocycles. The maximum Gasteiger partial charge on any atom is 0.234 e. The molecule has 5 aromatic rings. The molecule has 2 heterocycles. The summed E-state index contributed by atoms with van der Waals surface area (Å²) in [5.74, 6) is 2.18. The molecule has 6 rings (SSSR count). The minimum absolute atomic E-state index is 0.0911. The number of aromatic nitrogens is 4. The second-order valence-electron chi connectivity index (χ2n) is 10.4. The molecule has 0 saturated carbocycles. The van der Waals surface area contributed by atoms with Gasteiger partial charge in [0.05, 0.1) is 26.2 Å². The molecule has 1 atom stereocenters. The van der Waals surface area contributed by atoms with Gasteiger partial charge < -0.3 is 25.3 Å². The molecule has 0 spiro atoms. The van der Waals surface area contributed by atoms with Crippen LogP contribution in [0.1, 0.15) is 46.4 Å². The fourth-order valence-corrected chi connectivity index (χ4v) is 5.69. The molecule has 8 heteroatoms. The molecule has 3 aromatic carbocycles. The van der Waals surface area contributed by atoms with E-state index >= 15 is 0 Å². The summed E-state index contributed by atoms with van der Waals surface area (Å²) in [6.45, 7) is 0.479. The number of nitrogens with zero attached hydrogens (tertiary/aromatic N) is 3. The average molecular weight is 547 g/mol. The summed E-state index contributed by atoms with van der Waals surface area (Å²) in [7, 11) is 1.66. The summed E-state index contributed by atoms with van der Waals surface area (Å²) in [5.41, 5.74) is 12.9. The zero-order valence-electron chi connectivity index (χ0n) is 23.1. The summed E-state index contributed by atoms with van der Waals surface area (Å²) < 4.78 is 7.52. The highest BCUT2D eigenvalue weighted by Crippen LogP contribution is 2.34. The van der Waals surface area contributed by atoms with Crippen LogP contribution in [0.4, 0.5) is 0 Å². The molecule has 2 aromatic heterocycles. The molecule has 1 aliphatic rings. The number of allylic oxidation sites excluding steroid dienone is 1. The summed E-state index contributed by atoms with van der Waals surface area (Å²) >= 11 is 0. The minimum atomic E-state index is -0.379. The Labute approximate surface area is 239 Å². The van der Waals surface area contributed by atoms with Crippen molar-refractivity contribution in [3.8, 4) is 5.75 Å². The smallest absolute Gasteiger partial charge is 0.234 e. The Morgan fingerprint density at radius 1 is 1.05 bits per heavy atom. The molecule has 0 aliphatic heterocycles. The van der Waals surface area contributed by atoms with Crippen molar-refractivity contribution < 1.29 is 9.53 Å². The lowest BCUT2D eigenvalue weighted by Crippen LogP contribution is -2.35. The first kappa shape index (κ1) is 26.5. The van der Waals surface area contributed by atoms with E-state index in [1.807, 2.05) is 18.2 Å². The number of H-pyrrole nitrogens is 1. The third-order valence-corrected chi connectivity index (χ3v) is 7.84. The zero-order valence-corrected chi connectivity index (χ0v) is 23.1. The predicted molar refractivity (Wildman–Crippen MR) is 161 cm³/mol. The van der Waals surface area contributed by atoms with E-state index in [1.54, 1.807) is 7.11 Å². The number of para-hydroxylation sites is 1. The SMILES string of the molecule is COc1ccc(Cn2c(CCc3c[nH]c4ccccc34)nnc2[C@@H](CC2=CCc3ccccc32)NC(=O)CN)cc1. The topological polar surface area (TPSA) is 111 Å². The standard InChI is InChI=1S/C33H34N6O2/c1-41-26-15-10-22(11-16-26)21-39-31(17-14-25-20-35-29-9-5-4-8-28(25)29)37-38-33(39)30(36-32(40)19-34)18-24-13-12-23-6-2-3-7-27(23)24/h2-11,13,15-16,20,30,35H,12,14,17-19,21,34H2,1H3,(H,36,40)/t30-/m1/s1. The first-order chi connectivity index (χ1) is 20.1. The molecule has 4 N–H and O–H groups in total. The van der Waals surface area contributed by atoms with Crippen LogP contribution in [0.25, 0.3) is 16.5 Å². The van der Waals surface area contributed by atoms with Gasteiger partial charge in [0.2, 0.25) is 5.91 Å². The van der Waals surface area contributed by atoms with E-state index in [0.29, 0.717) is 19.4 Å². The van der Waals surface area contributed by atoms with Crippen LogP contribution in [0, 0.1) is 0 Å². The Hall–Kier alpha value is -4.69. The molecule has 0 fully saturated rings. The maximum absolute atomic E-state index is 12.6. The number of fused-ring (bicyclic) bond motifs is 2. The number of hydrogen-bond donors (Lipinski definition) is 3. The number of rotatable bonds is 11. The third-order valence-electron chi connectivity index (χ3n) is 7.84. The lowest BCUT2D eigenvalue weighted by atomic mass is 9.99. The Morgan fingerprint density at radius 3 is 2.68 bits per heavy atom. The van der Waals surface area contributed by atoms with Gasteiger partial charge in [-0.1, -0.05) is 60.7 Å². The van der Waals surface area contributed by atoms with E-state index < -0.39 is 0 Å². The number of carbonyl (C=O) groups excluding carboxylic acids is 1. The lowest BCUT2D eigenvalue weighted by molar-refractivity contribution is -0.120. The zero-order chi connectivity index (χ0) is 28.2. The van der Waals surface area contributed by atoms with Crippen molar-refractivity contribution in [1.29, 1.82) is 0 Å². The molecule has 8 nitrogen and oxygen atoms in total. The number of aromatic amines is 1. The molecule has 0 radical (unpaired) electrons. The molecule has 1 amide bonds.